The van der Waals surface area contributed by atoms with Gasteiger partial charge in [0.2, 0.25) is 0 Å². The van der Waals surface area contributed by atoms with E-state index >= 15 is 0 Å². The van der Waals surface area contributed by atoms with Crippen LogP contribution in [0, 0.1) is 6.92 Å². The molecule has 0 aliphatic rings. The van der Waals surface area contributed by atoms with E-state index in [1.807, 2.05) is 13.0 Å². The number of carbonyl (C=O) groups excluding carboxylic acids is 1. The summed E-state index contributed by atoms with van der Waals surface area (Å²) >= 11 is 9.44. The zero-order valence-electron chi connectivity index (χ0n) is 10.9. The fraction of sp³-hybridized carbons (Fsp3) is 0.133. The number of esters is 1. The maximum absolute atomic E-state index is 12.2. The van der Waals surface area contributed by atoms with Crippen LogP contribution in [0.4, 0.5) is 0 Å². The first-order valence-electron chi connectivity index (χ1n) is 5.83. The number of methoxy groups -OCH3 is 1. The molecule has 20 heavy (non-hydrogen) atoms. The topological polar surface area (TPSA) is 35.5 Å². The molecule has 0 radical (unpaired) electrons. The predicted octanol–water partition coefficient (Wildman–Crippen LogP) is 4.64. The van der Waals surface area contributed by atoms with E-state index in [4.69, 9.17) is 21.1 Å². The minimum absolute atomic E-state index is 0.353. The summed E-state index contributed by atoms with van der Waals surface area (Å²) < 4.78 is 11.4. The molecule has 0 aliphatic carbocycles. The summed E-state index contributed by atoms with van der Waals surface area (Å²) in [5.74, 6) is 0.309. The highest BCUT2D eigenvalue weighted by atomic mass is 79.9. The number of ether oxygens (including phenoxy) is 2. The van der Waals surface area contributed by atoms with Gasteiger partial charge in [-0.25, -0.2) is 4.79 Å². The average molecular weight is 356 g/mol. The van der Waals surface area contributed by atoms with Gasteiger partial charge >= 0.3 is 5.97 Å². The normalized spacial score (nSPS) is 10.2. The summed E-state index contributed by atoms with van der Waals surface area (Å²) in [7, 11) is 1.50. The minimum atomic E-state index is -0.505. The Hall–Kier alpha value is -1.52. The molecule has 2 rings (SSSR count). The lowest BCUT2D eigenvalue weighted by Crippen LogP contribution is -2.11. The number of halogens is 2. The molecule has 0 saturated carbocycles. The zero-order chi connectivity index (χ0) is 14.7. The van der Waals surface area contributed by atoms with Gasteiger partial charge in [0.15, 0.2) is 5.75 Å². The second kappa shape index (κ2) is 6.29. The van der Waals surface area contributed by atoms with Crippen LogP contribution < -0.4 is 9.47 Å². The van der Waals surface area contributed by atoms with Crippen molar-refractivity contribution in [1.82, 2.24) is 0 Å². The lowest BCUT2D eigenvalue weighted by molar-refractivity contribution is 0.0730. The fourth-order valence-electron chi connectivity index (χ4n) is 1.78. The standard InChI is InChI=1S/C15H12BrClO3/c1-9-7-10(16)8-12(17)14(9)20-15(18)11-5-3-4-6-13(11)19-2/h3-8H,1-2H3. The number of benzene rings is 2. The molecule has 0 saturated heterocycles. The van der Waals surface area contributed by atoms with Crippen molar-refractivity contribution in [2.75, 3.05) is 7.11 Å². The Morgan fingerprint density at radius 1 is 1.25 bits per heavy atom. The van der Waals surface area contributed by atoms with Gasteiger partial charge in [-0.1, -0.05) is 39.7 Å². The van der Waals surface area contributed by atoms with Gasteiger partial charge in [-0.15, -0.1) is 0 Å². The van der Waals surface area contributed by atoms with Crippen molar-refractivity contribution < 1.29 is 14.3 Å². The molecule has 3 nitrogen and oxygen atoms in total. The van der Waals surface area contributed by atoms with Crippen LogP contribution in [0.3, 0.4) is 0 Å². The lowest BCUT2D eigenvalue weighted by Gasteiger charge is -2.11. The van der Waals surface area contributed by atoms with Gasteiger partial charge in [0, 0.05) is 4.47 Å². The molecule has 0 aliphatic heterocycles. The van der Waals surface area contributed by atoms with Crippen LogP contribution in [0.1, 0.15) is 15.9 Å². The zero-order valence-corrected chi connectivity index (χ0v) is 13.3. The number of aryl methyl sites for hydroxylation is 1. The molecule has 0 bridgehead atoms. The lowest BCUT2D eigenvalue weighted by atomic mass is 10.2. The minimum Gasteiger partial charge on any atom is -0.496 e. The highest BCUT2D eigenvalue weighted by Crippen LogP contribution is 2.33. The molecule has 0 fully saturated rings. The van der Waals surface area contributed by atoms with Gasteiger partial charge in [-0.3, -0.25) is 0 Å². The quantitative estimate of drug-likeness (QED) is 0.594. The Kier molecular flexibility index (Phi) is 4.68. The summed E-state index contributed by atoms with van der Waals surface area (Å²) in [5, 5.41) is 0.375. The van der Waals surface area contributed by atoms with Crippen LogP contribution in [0.2, 0.25) is 5.02 Å². The summed E-state index contributed by atoms with van der Waals surface area (Å²) in [5.41, 5.74) is 1.13. The van der Waals surface area contributed by atoms with Crippen molar-refractivity contribution in [2.24, 2.45) is 0 Å². The van der Waals surface area contributed by atoms with Crippen LogP contribution in [0.25, 0.3) is 0 Å². The summed E-state index contributed by atoms with van der Waals surface area (Å²) in [4.78, 5) is 12.2. The number of carbonyl (C=O) groups is 1. The van der Waals surface area contributed by atoms with Crippen molar-refractivity contribution in [3.05, 3.63) is 57.0 Å². The van der Waals surface area contributed by atoms with E-state index in [2.05, 4.69) is 15.9 Å². The summed E-state index contributed by atoms with van der Waals surface area (Å²) in [6.07, 6.45) is 0. The largest absolute Gasteiger partial charge is 0.496 e. The molecule has 0 heterocycles. The van der Waals surface area contributed by atoms with Crippen molar-refractivity contribution >= 4 is 33.5 Å². The van der Waals surface area contributed by atoms with E-state index in [1.54, 1.807) is 30.3 Å². The highest BCUT2D eigenvalue weighted by Gasteiger charge is 2.17. The molecule has 0 aromatic heterocycles. The highest BCUT2D eigenvalue weighted by molar-refractivity contribution is 9.10. The van der Waals surface area contributed by atoms with Crippen molar-refractivity contribution in [3.8, 4) is 11.5 Å². The van der Waals surface area contributed by atoms with E-state index in [9.17, 15) is 4.79 Å². The third kappa shape index (κ3) is 3.14. The molecule has 2 aromatic carbocycles. The van der Waals surface area contributed by atoms with E-state index in [0.29, 0.717) is 22.1 Å². The smallest absolute Gasteiger partial charge is 0.347 e. The molecule has 0 N–H and O–H groups in total. The summed E-state index contributed by atoms with van der Waals surface area (Å²) in [6.45, 7) is 1.82. The van der Waals surface area contributed by atoms with Crippen molar-refractivity contribution in [2.45, 2.75) is 6.92 Å². The van der Waals surface area contributed by atoms with Gasteiger partial charge in [-0.2, -0.15) is 0 Å². The first kappa shape index (κ1) is 14.9. The Morgan fingerprint density at radius 3 is 2.60 bits per heavy atom. The number of para-hydroxylation sites is 1. The summed E-state index contributed by atoms with van der Waals surface area (Å²) in [6, 6.07) is 10.4. The van der Waals surface area contributed by atoms with E-state index in [-0.39, 0.29) is 0 Å². The first-order valence-corrected chi connectivity index (χ1v) is 7.01. The van der Waals surface area contributed by atoms with Gasteiger partial charge in [0.05, 0.1) is 12.1 Å². The number of rotatable bonds is 3. The molecule has 5 heteroatoms. The Bertz CT molecular complexity index is 632. The van der Waals surface area contributed by atoms with Gasteiger partial charge in [0.1, 0.15) is 11.3 Å². The number of hydrogen-bond donors (Lipinski definition) is 0. The number of hydrogen-bond acceptors (Lipinski definition) is 3. The van der Waals surface area contributed by atoms with Crippen LogP contribution in [0.15, 0.2) is 40.9 Å². The maximum atomic E-state index is 12.2. The Morgan fingerprint density at radius 2 is 1.95 bits per heavy atom. The Labute approximate surface area is 130 Å². The third-order valence-corrected chi connectivity index (χ3v) is 3.45. The van der Waals surface area contributed by atoms with Gasteiger partial charge < -0.3 is 9.47 Å². The maximum Gasteiger partial charge on any atom is 0.347 e. The average Bonchev–Trinajstić information content (AvgIpc) is 2.42. The van der Waals surface area contributed by atoms with Crippen LogP contribution >= 0.6 is 27.5 Å². The molecule has 0 spiro atoms. The van der Waals surface area contributed by atoms with Crippen LogP contribution in [-0.4, -0.2) is 13.1 Å². The molecule has 2 aromatic rings. The predicted molar refractivity (Wildman–Crippen MR) is 81.8 cm³/mol. The third-order valence-electron chi connectivity index (χ3n) is 2.72. The SMILES string of the molecule is COc1ccccc1C(=O)Oc1c(C)cc(Br)cc1Cl. The Balaban J connectivity index is 2.33. The second-order valence-electron chi connectivity index (χ2n) is 4.12. The first-order chi connectivity index (χ1) is 9.52. The molecule has 0 amide bonds. The van der Waals surface area contributed by atoms with E-state index < -0.39 is 5.97 Å². The molecule has 104 valence electrons. The molecule has 0 atom stereocenters. The second-order valence-corrected chi connectivity index (χ2v) is 5.45. The molecular formula is C15H12BrClO3. The fourth-order valence-corrected chi connectivity index (χ4v) is 2.79. The van der Waals surface area contributed by atoms with Gasteiger partial charge in [0.25, 0.3) is 0 Å². The van der Waals surface area contributed by atoms with Crippen LogP contribution in [0.5, 0.6) is 11.5 Å². The molecular weight excluding hydrogens is 344 g/mol. The monoisotopic (exact) mass is 354 g/mol. The molecule has 0 unspecified atom stereocenters. The van der Waals surface area contributed by atoms with E-state index in [0.717, 1.165) is 10.0 Å². The van der Waals surface area contributed by atoms with Gasteiger partial charge in [-0.05, 0) is 36.8 Å². The van der Waals surface area contributed by atoms with Crippen LogP contribution in [-0.2, 0) is 0 Å². The van der Waals surface area contributed by atoms with E-state index in [1.165, 1.54) is 7.11 Å². The van der Waals surface area contributed by atoms with Crippen molar-refractivity contribution in [3.63, 3.8) is 0 Å². The van der Waals surface area contributed by atoms with Crippen molar-refractivity contribution in [1.29, 1.82) is 0 Å².